The van der Waals surface area contributed by atoms with Gasteiger partial charge in [0.25, 0.3) is 5.91 Å². The molecule has 1 saturated heterocycles. The van der Waals surface area contributed by atoms with Crippen molar-refractivity contribution in [2.75, 3.05) is 26.2 Å². The van der Waals surface area contributed by atoms with Crippen LogP contribution in [0.3, 0.4) is 0 Å². The van der Waals surface area contributed by atoms with E-state index in [-0.39, 0.29) is 47.4 Å². The normalized spacial score (nSPS) is 15.8. The highest BCUT2D eigenvalue weighted by Crippen LogP contribution is 2.23. The van der Waals surface area contributed by atoms with Crippen molar-refractivity contribution in [1.82, 2.24) is 14.2 Å². The largest absolute Gasteiger partial charge is 0.336 e. The van der Waals surface area contributed by atoms with Crippen molar-refractivity contribution in [1.29, 1.82) is 0 Å². The lowest BCUT2D eigenvalue weighted by molar-refractivity contribution is 0.0697. The first-order valence-electron chi connectivity index (χ1n) is 8.52. The molecular weight excluding hydrogens is 405 g/mol. The molecule has 0 saturated carbocycles. The standard InChI is InChI=1S/C18H16FN3O4S2/c19-13-3-1-2-12(10-13)17(23)21-6-8-22(9-7-21)28(25,26)14-4-5-15-16(11-14)27-18(24)20-15/h1-5,10-11H,6-9H2,(H,20,24). The summed E-state index contributed by atoms with van der Waals surface area (Å²) >= 11 is 0.955. The molecule has 10 heteroatoms. The molecule has 0 spiro atoms. The van der Waals surface area contributed by atoms with Crippen LogP contribution >= 0.6 is 11.3 Å². The number of hydrogen-bond acceptors (Lipinski definition) is 5. The maximum absolute atomic E-state index is 13.3. The summed E-state index contributed by atoms with van der Waals surface area (Å²) in [6.45, 7) is 0.720. The lowest BCUT2D eigenvalue weighted by Gasteiger charge is -2.34. The van der Waals surface area contributed by atoms with E-state index in [9.17, 15) is 22.4 Å². The summed E-state index contributed by atoms with van der Waals surface area (Å²) in [6, 6.07) is 9.95. The summed E-state index contributed by atoms with van der Waals surface area (Å²) in [4.78, 5) is 27.9. The van der Waals surface area contributed by atoms with Gasteiger partial charge in [0, 0.05) is 31.7 Å². The van der Waals surface area contributed by atoms with E-state index < -0.39 is 15.8 Å². The molecule has 0 radical (unpaired) electrons. The topological polar surface area (TPSA) is 90.6 Å². The number of hydrogen-bond donors (Lipinski definition) is 1. The number of sulfonamides is 1. The molecule has 4 rings (SSSR count). The van der Waals surface area contributed by atoms with Crippen molar-refractivity contribution in [3.63, 3.8) is 0 Å². The first-order valence-corrected chi connectivity index (χ1v) is 10.8. The lowest BCUT2D eigenvalue weighted by atomic mass is 10.2. The molecule has 1 aromatic heterocycles. The zero-order valence-electron chi connectivity index (χ0n) is 14.6. The van der Waals surface area contributed by atoms with Crippen molar-refractivity contribution in [2.24, 2.45) is 0 Å². The van der Waals surface area contributed by atoms with Crippen LogP contribution < -0.4 is 4.87 Å². The van der Waals surface area contributed by atoms with Gasteiger partial charge in [-0.2, -0.15) is 4.31 Å². The summed E-state index contributed by atoms with van der Waals surface area (Å²) in [6.07, 6.45) is 0. The van der Waals surface area contributed by atoms with Gasteiger partial charge in [0.2, 0.25) is 10.0 Å². The number of thiazole rings is 1. The van der Waals surface area contributed by atoms with Crippen molar-refractivity contribution in [3.05, 3.63) is 63.5 Å². The Kier molecular flexibility index (Phi) is 4.77. The second-order valence-corrected chi connectivity index (χ2v) is 9.33. The molecular formula is C18H16FN3O4S2. The fourth-order valence-corrected chi connectivity index (χ4v) is 5.47. The Bertz CT molecular complexity index is 1210. The lowest BCUT2D eigenvalue weighted by Crippen LogP contribution is -2.50. The Hall–Kier alpha value is -2.56. The quantitative estimate of drug-likeness (QED) is 0.699. The molecule has 2 aromatic carbocycles. The minimum Gasteiger partial charge on any atom is -0.336 e. The number of amides is 1. The number of fused-ring (bicyclic) bond motifs is 1. The summed E-state index contributed by atoms with van der Waals surface area (Å²) in [5.41, 5.74) is 0.837. The van der Waals surface area contributed by atoms with Crippen molar-refractivity contribution < 1.29 is 17.6 Å². The molecule has 7 nitrogen and oxygen atoms in total. The van der Waals surface area contributed by atoms with Crippen molar-refractivity contribution in [3.8, 4) is 0 Å². The van der Waals surface area contributed by atoms with Gasteiger partial charge < -0.3 is 9.88 Å². The van der Waals surface area contributed by atoms with E-state index in [0.29, 0.717) is 10.2 Å². The molecule has 0 bridgehead atoms. The molecule has 1 fully saturated rings. The predicted octanol–water partition coefficient (Wildman–Crippen LogP) is 1.88. The van der Waals surface area contributed by atoms with Gasteiger partial charge in [-0.05, 0) is 36.4 Å². The molecule has 0 unspecified atom stereocenters. The highest BCUT2D eigenvalue weighted by molar-refractivity contribution is 7.89. The van der Waals surface area contributed by atoms with E-state index in [1.54, 1.807) is 6.07 Å². The monoisotopic (exact) mass is 421 g/mol. The van der Waals surface area contributed by atoms with E-state index >= 15 is 0 Å². The van der Waals surface area contributed by atoms with Crippen LogP contribution in [0.4, 0.5) is 4.39 Å². The van der Waals surface area contributed by atoms with Gasteiger partial charge in [-0.25, -0.2) is 12.8 Å². The first kappa shape index (κ1) is 18.8. The molecule has 1 aliphatic rings. The molecule has 3 aromatic rings. The summed E-state index contributed by atoms with van der Waals surface area (Å²) in [7, 11) is -3.74. The van der Waals surface area contributed by atoms with Gasteiger partial charge in [0.15, 0.2) is 0 Å². The molecule has 1 amide bonds. The minimum absolute atomic E-state index is 0.111. The second kappa shape index (κ2) is 7.12. The number of carbonyl (C=O) groups excluding carboxylic acids is 1. The molecule has 146 valence electrons. The number of nitrogens with one attached hydrogen (secondary N) is 1. The van der Waals surface area contributed by atoms with Gasteiger partial charge in [0.05, 0.1) is 15.1 Å². The van der Waals surface area contributed by atoms with Gasteiger partial charge >= 0.3 is 4.87 Å². The van der Waals surface area contributed by atoms with Crippen LogP contribution in [0.25, 0.3) is 10.2 Å². The van der Waals surface area contributed by atoms with Crippen LogP contribution in [0.15, 0.2) is 52.2 Å². The summed E-state index contributed by atoms with van der Waals surface area (Å²) < 4.78 is 41.1. The Balaban J connectivity index is 1.50. The molecule has 2 heterocycles. The summed E-state index contributed by atoms with van der Waals surface area (Å²) in [5, 5.41) is 0. The Morgan fingerprint density at radius 2 is 1.82 bits per heavy atom. The third kappa shape index (κ3) is 3.46. The highest BCUT2D eigenvalue weighted by Gasteiger charge is 2.30. The van der Waals surface area contributed by atoms with Crippen LogP contribution in [0, 0.1) is 5.82 Å². The fraction of sp³-hybridized carbons (Fsp3) is 0.222. The fourth-order valence-electron chi connectivity index (χ4n) is 3.17. The maximum atomic E-state index is 13.3. The van der Waals surface area contributed by atoms with Crippen molar-refractivity contribution in [2.45, 2.75) is 4.90 Å². The number of piperazine rings is 1. The SMILES string of the molecule is O=C(c1cccc(F)c1)N1CCN(S(=O)(=O)c2ccc3[nH]c(=O)sc3c2)CC1. The third-order valence-electron chi connectivity index (χ3n) is 4.63. The minimum atomic E-state index is -3.74. The zero-order chi connectivity index (χ0) is 19.9. The van der Waals surface area contributed by atoms with E-state index in [4.69, 9.17) is 0 Å². The van der Waals surface area contributed by atoms with Gasteiger partial charge in [0.1, 0.15) is 5.82 Å². The van der Waals surface area contributed by atoms with Gasteiger partial charge in [-0.15, -0.1) is 0 Å². The molecule has 0 aliphatic carbocycles. The number of carbonyl (C=O) groups is 1. The average molecular weight is 421 g/mol. The Morgan fingerprint density at radius 3 is 2.54 bits per heavy atom. The van der Waals surface area contributed by atoms with E-state index in [1.165, 1.54) is 45.6 Å². The number of halogens is 1. The zero-order valence-corrected chi connectivity index (χ0v) is 16.2. The number of aromatic nitrogens is 1. The van der Waals surface area contributed by atoms with Crippen LogP contribution in [-0.4, -0.2) is 54.7 Å². The number of rotatable bonds is 3. The maximum Gasteiger partial charge on any atom is 0.305 e. The Morgan fingerprint density at radius 1 is 1.07 bits per heavy atom. The van der Waals surface area contributed by atoms with Crippen LogP contribution in [0.5, 0.6) is 0 Å². The van der Waals surface area contributed by atoms with Crippen LogP contribution in [0.1, 0.15) is 10.4 Å². The Labute approximate surface area is 164 Å². The molecule has 1 aliphatic heterocycles. The molecule has 1 N–H and O–H groups in total. The van der Waals surface area contributed by atoms with E-state index in [2.05, 4.69) is 4.98 Å². The van der Waals surface area contributed by atoms with Gasteiger partial charge in [-0.1, -0.05) is 17.4 Å². The van der Waals surface area contributed by atoms with Crippen LogP contribution in [0.2, 0.25) is 0 Å². The predicted molar refractivity (Wildman–Crippen MR) is 104 cm³/mol. The highest BCUT2D eigenvalue weighted by atomic mass is 32.2. The number of aromatic amines is 1. The van der Waals surface area contributed by atoms with E-state index in [1.807, 2.05) is 0 Å². The number of benzene rings is 2. The molecule has 28 heavy (non-hydrogen) atoms. The third-order valence-corrected chi connectivity index (χ3v) is 7.37. The van der Waals surface area contributed by atoms with E-state index in [0.717, 1.165) is 11.3 Å². The average Bonchev–Trinajstić information content (AvgIpc) is 3.06. The second-order valence-electron chi connectivity index (χ2n) is 6.38. The van der Waals surface area contributed by atoms with Gasteiger partial charge in [-0.3, -0.25) is 9.59 Å². The number of nitrogens with zero attached hydrogens (tertiary/aromatic N) is 2. The van der Waals surface area contributed by atoms with Crippen molar-refractivity contribution >= 4 is 37.5 Å². The number of H-pyrrole nitrogens is 1. The smallest absolute Gasteiger partial charge is 0.305 e. The summed E-state index contributed by atoms with van der Waals surface area (Å²) in [5.74, 6) is -0.815. The van der Waals surface area contributed by atoms with Crippen LogP contribution in [-0.2, 0) is 10.0 Å². The first-order chi connectivity index (χ1) is 13.3. The molecule has 0 atom stereocenters.